The Morgan fingerprint density at radius 3 is 2.94 bits per heavy atom. The molecule has 1 saturated heterocycles. The van der Waals surface area contributed by atoms with Crippen molar-refractivity contribution in [2.24, 2.45) is 0 Å². The van der Waals surface area contributed by atoms with Crippen molar-refractivity contribution in [1.29, 1.82) is 0 Å². The van der Waals surface area contributed by atoms with E-state index in [1.807, 2.05) is 12.1 Å². The fourth-order valence-corrected chi connectivity index (χ4v) is 2.76. The maximum absolute atomic E-state index is 11.2. The monoisotopic (exact) mass is 244 g/mol. The SMILES string of the molecule is CC1(c2cc3c(C(=O)O)cccc3[nH]2)CCCN1. The average Bonchev–Trinajstić information content (AvgIpc) is 2.94. The van der Waals surface area contributed by atoms with Crippen molar-refractivity contribution in [1.82, 2.24) is 10.3 Å². The van der Waals surface area contributed by atoms with Gasteiger partial charge in [-0.05, 0) is 44.5 Å². The van der Waals surface area contributed by atoms with E-state index in [1.54, 1.807) is 12.1 Å². The van der Waals surface area contributed by atoms with E-state index in [-0.39, 0.29) is 5.54 Å². The van der Waals surface area contributed by atoms with Crippen LogP contribution in [0, 0.1) is 0 Å². The van der Waals surface area contributed by atoms with Crippen LogP contribution in [0.2, 0.25) is 0 Å². The summed E-state index contributed by atoms with van der Waals surface area (Å²) in [6.07, 6.45) is 2.22. The number of carbonyl (C=O) groups is 1. The molecule has 3 rings (SSSR count). The van der Waals surface area contributed by atoms with Crippen LogP contribution in [0.1, 0.15) is 35.8 Å². The second-order valence-corrected chi connectivity index (χ2v) is 5.12. The normalized spacial score (nSPS) is 23.6. The third-order valence-electron chi connectivity index (χ3n) is 3.86. The first-order valence-electron chi connectivity index (χ1n) is 6.21. The third kappa shape index (κ3) is 1.61. The summed E-state index contributed by atoms with van der Waals surface area (Å²) in [5.41, 5.74) is 2.26. The van der Waals surface area contributed by atoms with Gasteiger partial charge in [0.2, 0.25) is 0 Å². The van der Waals surface area contributed by atoms with E-state index in [1.165, 1.54) is 0 Å². The number of H-pyrrole nitrogens is 1. The Bertz CT molecular complexity index is 609. The van der Waals surface area contributed by atoms with Crippen LogP contribution in [0.25, 0.3) is 10.9 Å². The van der Waals surface area contributed by atoms with Crippen LogP contribution in [0.4, 0.5) is 0 Å². The maximum Gasteiger partial charge on any atom is 0.336 e. The lowest BCUT2D eigenvalue weighted by Gasteiger charge is -2.22. The van der Waals surface area contributed by atoms with Gasteiger partial charge in [0, 0.05) is 16.6 Å². The molecule has 0 aliphatic carbocycles. The second-order valence-electron chi connectivity index (χ2n) is 5.12. The van der Waals surface area contributed by atoms with Crippen molar-refractivity contribution in [2.75, 3.05) is 6.54 Å². The lowest BCUT2D eigenvalue weighted by atomic mass is 9.96. The lowest BCUT2D eigenvalue weighted by molar-refractivity contribution is 0.0699. The molecule has 0 spiro atoms. The zero-order valence-electron chi connectivity index (χ0n) is 10.3. The topological polar surface area (TPSA) is 65.1 Å². The molecule has 1 aliphatic rings. The molecule has 1 unspecified atom stereocenters. The summed E-state index contributed by atoms with van der Waals surface area (Å²) >= 11 is 0. The van der Waals surface area contributed by atoms with Gasteiger partial charge in [-0.1, -0.05) is 6.07 Å². The summed E-state index contributed by atoms with van der Waals surface area (Å²) in [6.45, 7) is 3.17. The first-order valence-corrected chi connectivity index (χ1v) is 6.21. The van der Waals surface area contributed by atoms with Gasteiger partial charge in [0.1, 0.15) is 0 Å². The number of nitrogens with one attached hydrogen (secondary N) is 2. The number of fused-ring (bicyclic) bond motifs is 1. The maximum atomic E-state index is 11.2. The number of rotatable bonds is 2. The molecule has 1 fully saturated rings. The lowest BCUT2D eigenvalue weighted by Crippen LogP contribution is -2.33. The molecule has 1 aromatic heterocycles. The van der Waals surface area contributed by atoms with E-state index in [0.29, 0.717) is 5.56 Å². The van der Waals surface area contributed by atoms with Crippen molar-refractivity contribution >= 4 is 16.9 Å². The van der Waals surface area contributed by atoms with Gasteiger partial charge in [0.15, 0.2) is 0 Å². The molecule has 0 bridgehead atoms. The fourth-order valence-electron chi connectivity index (χ4n) is 2.76. The molecule has 4 heteroatoms. The molecular formula is C14H16N2O2. The Hall–Kier alpha value is -1.81. The summed E-state index contributed by atoms with van der Waals surface area (Å²) in [5, 5.41) is 13.5. The minimum atomic E-state index is -0.879. The zero-order chi connectivity index (χ0) is 12.8. The van der Waals surface area contributed by atoms with Gasteiger partial charge >= 0.3 is 5.97 Å². The number of carboxylic acids is 1. The molecule has 1 aliphatic heterocycles. The highest BCUT2D eigenvalue weighted by Gasteiger charge is 2.31. The molecule has 18 heavy (non-hydrogen) atoms. The number of hydrogen-bond acceptors (Lipinski definition) is 2. The summed E-state index contributed by atoms with van der Waals surface area (Å²) in [7, 11) is 0. The summed E-state index contributed by atoms with van der Waals surface area (Å²) in [4.78, 5) is 14.5. The zero-order valence-corrected chi connectivity index (χ0v) is 10.3. The van der Waals surface area contributed by atoms with Gasteiger partial charge in [-0.2, -0.15) is 0 Å². The molecule has 94 valence electrons. The molecule has 3 N–H and O–H groups in total. The molecular weight excluding hydrogens is 228 g/mol. The van der Waals surface area contributed by atoms with Gasteiger partial charge in [-0.25, -0.2) is 4.79 Å². The molecule has 2 aromatic rings. The highest BCUT2D eigenvalue weighted by molar-refractivity contribution is 6.03. The smallest absolute Gasteiger partial charge is 0.336 e. The molecule has 4 nitrogen and oxygen atoms in total. The van der Waals surface area contributed by atoms with Crippen molar-refractivity contribution in [3.63, 3.8) is 0 Å². The van der Waals surface area contributed by atoms with Crippen molar-refractivity contribution < 1.29 is 9.90 Å². The Balaban J connectivity index is 2.16. The predicted octanol–water partition coefficient (Wildman–Crippen LogP) is 2.46. The van der Waals surface area contributed by atoms with Crippen LogP contribution in [0.5, 0.6) is 0 Å². The minimum Gasteiger partial charge on any atom is -0.478 e. The number of benzene rings is 1. The number of carboxylic acid groups (broad SMARTS) is 1. The van der Waals surface area contributed by atoms with Crippen LogP contribution in [-0.4, -0.2) is 22.6 Å². The standard InChI is InChI=1S/C14H16N2O2/c1-14(6-3-7-15-14)12-8-10-9(13(17)18)4-2-5-11(10)16-12/h2,4-5,8,15-16H,3,6-7H2,1H3,(H,17,18). The van der Waals surface area contributed by atoms with Crippen LogP contribution >= 0.6 is 0 Å². The average molecular weight is 244 g/mol. The molecule has 2 heterocycles. The van der Waals surface area contributed by atoms with Gasteiger partial charge in [0.25, 0.3) is 0 Å². The molecule has 0 amide bonds. The van der Waals surface area contributed by atoms with Gasteiger partial charge in [-0.15, -0.1) is 0 Å². The van der Waals surface area contributed by atoms with Crippen molar-refractivity contribution in [2.45, 2.75) is 25.3 Å². The minimum absolute atomic E-state index is 0.0607. The summed E-state index contributed by atoms with van der Waals surface area (Å²) < 4.78 is 0. The van der Waals surface area contributed by atoms with Gasteiger partial charge in [-0.3, -0.25) is 0 Å². The highest BCUT2D eigenvalue weighted by Crippen LogP contribution is 2.32. The predicted molar refractivity (Wildman–Crippen MR) is 69.8 cm³/mol. The third-order valence-corrected chi connectivity index (χ3v) is 3.86. The van der Waals surface area contributed by atoms with Crippen LogP contribution in [-0.2, 0) is 5.54 Å². The second kappa shape index (κ2) is 3.85. The number of hydrogen-bond donors (Lipinski definition) is 3. The van der Waals surface area contributed by atoms with E-state index in [4.69, 9.17) is 0 Å². The number of aromatic nitrogens is 1. The Morgan fingerprint density at radius 2 is 2.28 bits per heavy atom. The first-order chi connectivity index (χ1) is 8.60. The molecule has 0 saturated carbocycles. The highest BCUT2D eigenvalue weighted by atomic mass is 16.4. The Kier molecular flexibility index (Phi) is 2.41. The van der Waals surface area contributed by atoms with E-state index in [0.717, 1.165) is 36.0 Å². The van der Waals surface area contributed by atoms with E-state index < -0.39 is 5.97 Å². The summed E-state index contributed by atoms with van der Waals surface area (Å²) in [6, 6.07) is 7.31. The molecule has 1 atom stereocenters. The van der Waals surface area contributed by atoms with Crippen molar-refractivity contribution in [3.05, 3.63) is 35.5 Å². The van der Waals surface area contributed by atoms with Crippen LogP contribution < -0.4 is 5.32 Å². The molecule has 1 aromatic carbocycles. The van der Waals surface area contributed by atoms with E-state index in [2.05, 4.69) is 17.2 Å². The van der Waals surface area contributed by atoms with Crippen LogP contribution in [0.15, 0.2) is 24.3 Å². The van der Waals surface area contributed by atoms with E-state index >= 15 is 0 Å². The Labute approximate surface area is 105 Å². The van der Waals surface area contributed by atoms with Gasteiger partial charge < -0.3 is 15.4 Å². The van der Waals surface area contributed by atoms with Crippen molar-refractivity contribution in [3.8, 4) is 0 Å². The van der Waals surface area contributed by atoms with E-state index in [9.17, 15) is 9.90 Å². The summed E-state index contributed by atoms with van der Waals surface area (Å²) in [5.74, 6) is -0.879. The Morgan fingerprint density at radius 1 is 1.44 bits per heavy atom. The fraction of sp³-hybridized carbons (Fsp3) is 0.357. The number of aromatic carboxylic acids is 1. The quantitative estimate of drug-likeness (QED) is 0.760. The molecule has 0 radical (unpaired) electrons. The van der Waals surface area contributed by atoms with Gasteiger partial charge in [0.05, 0.1) is 11.1 Å². The largest absolute Gasteiger partial charge is 0.478 e. The van der Waals surface area contributed by atoms with Crippen LogP contribution in [0.3, 0.4) is 0 Å². The first kappa shape index (κ1) is 11.3. The number of aromatic amines is 1.